The lowest BCUT2D eigenvalue weighted by Crippen LogP contribution is -2.41. The first kappa shape index (κ1) is 24.9. The van der Waals surface area contributed by atoms with Gasteiger partial charge in [0.15, 0.2) is 11.6 Å². The summed E-state index contributed by atoms with van der Waals surface area (Å²) in [5.74, 6) is -2.75. The number of carbonyl (C=O) groups excluding carboxylic acids is 3. The molecule has 4 rings (SSSR count). The zero-order chi connectivity index (χ0) is 25.6. The van der Waals surface area contributed by atoms with Crippen LogP contribution in [0.5, 0.6) is 5.75 Å². The summed E-state index contributed by atoms with van der Waals surface area (Å²) in [7, 11) is 1.41. The molecule has 0 fully saturated rings. The van der Waals surface area contributed by atoms with Gasteiger partial charge in [-0.2, -0.15) is 0 Å². The van der Waals surface area contributed by atoms with Gasteiger partial charge in [-0.15, -0.1) is 11.8 Å². The zero-order valence-electron chi connectivity index (χ0n) is 19.3. The zero-order valence-corrected chi connectivity index (χ0v) is 20.1. The number of hydrogen-bond donors (Lipinski definition) is 4. The van der Waals surface area contributed by atoms with Crippen LogP contribution in [-0.2, 0) is 9.59 Å². The molecule has 0 saturated heterocycles. The number of aliphatic hydroxyl groups excluding tert-OH is 2. The van der Waals surface area contributed by atoms with Crippen LogP contribution in [0.4, 0.5) is 0 Å². The Hall–Kier alpha value is -3.21. The van der Waals surface area contributed by atoms with E-state index in [9.17, 15) is 34.5 Å². The molecule has 0 spiro atoms. The van der Waals surface area contributed by atoms with Crippen LogP contribution in [0.2, 0.25) is 0 Å². The van der Waals surface area contributed by atoms with Crippen molar-refractivity contribution < 1.29 is 39.2 Å². The summed E-state index contributed by atoms with van der Waals surface area (Å²) in [4.78, 5) is 50.2. The molecule has 2 aromatic carbocycles. The van der Waals surface area contributed by atoms with Gasteiger partial charge in [0, 0.05) is 51.8 Å². The number of Topliss-reactive ketones (excluding diaryl/α,β-unsaturated/α-hetero) is 1. The molecule has 35 heavy (non-hydrogen) atoms. The number of aliphatic carboxylic acids is 1. The molecule has 2 aliphatic rings. The lowest BCUT2D eigenvalue weighted by molar-refractivity contribution is -0.140. The lowest BCUT2D eigenvalue weighted by atomic mass is 9.73. The second kappa shape index (κ2) is 9.44. The summed E-state index contributed by atoms with van der Waals surface area (Å²) in [5, 5.41) is 34.2. The predicted molar refractivity (Wildman–Crippen MR) is 126 cm³/mol. The fraction of sp³-hybridized carbons (Fsp3) is 0.360. The number of carboxylic acids is 1. The molecule has 0 bridgehead atoms. The van der Waals surface area contributed by atoms with Crippen molar-refractivity contribution in [2.24, 2.45) is 5.92 Å². The van der Waals surface area contributed by atoms with Crippen molar-refractivity contribution in [2.45, 2.75) is 43.4 Å². The fourth-order valence-electron chi connectivity index (χ4n) is 4.74. The SMILES string of the molecule is COc1cccc2c1C(O)c1c(SCC(NC(C)=O)C(=O)O)cc3c(c1C2=O)C(=O)CC(C)C3O. The molecule has 2 aliphatic carbocycles. The number of fused-ring (bicyclic) bond motifs is 4. The van der Waals surface area contributed by atoms with Crippen LogP contribution in [0.25, 0.3) is 0 Å². The molecule has 1 amide bonds. The van der Waals surface area contributed by atoms with E-state index in [1.165, 1.54) is 14.0 Å². The van der Waals surface area contributed by atoms with Crippen LogP contribution >= 0.6 is 11.8 Å². The minimum absolute atomic E-state index is 0.0144. The average molecular weight is 500 g/mol. The van der Waals surface area contributed by atoms with Crippen LogP contribution in [-0.4, -0.2) is 57.7 Å². The van der Waals surface area contributed by atoms with Crippen molar-refractivity contribution >= 4 is 35.2 Å². The van der Waals surface area contributed by atoms with E-state index in [4.69, 9.17) is 4.74 Å². The van der Waals surface area contributed by atoms with E-state index in [1.54, 1.807) is 31.2 Å². The average Bonchev–Trinajstić information content (AvgIpc) is 2.81. The number of hydrogen-bond acceptors (Lipinski definition) is 8. The molecule has 0 aromatic heterocycles. The van der Waals surface area contributed by atoms with Gasteiger partial charge in [0.1, 0.15) is 17.9 Å². The molecular weight excluding hydrogens is 474 g/mol. The summed E-state index contributed by atoms with van der Waals surface area (Å²) >= 11 is 1.01. The summed E-state index contributed by atoms with van der Waals surface area (Å²) in [5.41, 5.74) is 0.982. The van der Waals surface area contributed by atoms with E-state index >= 15 is 0 Å². The van der Waals surface area contributed by atoms with Gasteiger partial charge in [-0.1, -0.05) is 19.1 Å². The normalized spacial score (nSPS) is 21.5. The van der Waals surface area contributed by atoms with Gasteiger partial charge < -0.3 is 25.4 Å². The Labute approximate surface area is 205 Å². The number of aliphatic hydroxyl groups is 2. The van der Waals surface area contributed by atoms with Crippen molar-refractivity contribution in [3.05, 3.63) is 57.6 Å². The molecule has 4 unspecified atom stereocenters. The number of ether oxygens (including phenoxy) is 1. The third-order valence-electron chi connectivity index (χ3n) is 6.39. The minimum atomic E-state index is -1.34. The summed E-state index contributed by atoms with van der Waals surface area (Å²) in [6, 6.07) is 5.08. The van der Waals surface area contributed by atoms with Gasteiger partial charge >= 0.3 is 5.97 Å². The van der Waals surface area contributed by atoms with Crippen molar-refractivity contribution in [3.63, 3.8) is 0 Å². The first-order chi connectivity index (χ1) is 16.6. The molecular formula is C25H25NO8S. The van der Waals surface area contributed by atoms with Crippen molar-refractivity contribution in [2.75, 3.05) is 12.9 Å². The Morgan fingerprint density at radius 3 is 2.54 bits per heavy atom. The highest BCUT2D eigenvalue weighted by atomic mass is 32.2. The van der Waals surface area contributed by atoms with Gasteiger partial charge in [-0.05, 0) is 23.6 Å². The monoisotopic (exact) mass is 499 g/mol. The molecule has 0 radical (unpaired) electrons. The molecule has 4 atom stereocenters. The predicted octanol–water partition coefficient (Wildman–Crippen LogP) is 2.26. The Bertz CT molecular complexity index is 1260. The molecule has 4 N–H and O–H groups in total. The molecule has 9 nitrogen and oxygen atoms in total. The number of amides is 1. The third kappa shape index (κ3) is 4.22. The number of carboxylic acid groups (broad SMARTS) is 1. The van der Waals surface area contributed by atoms with E-state index < -0.39 is 35.9 Å². The van der Waals surface area contributed by atoms with Crippen LogP contribution in [0, 0.1) is 5.92 Å². The number of methoxy groups -OCH3 is 1. The molecule has 0 heterocycles. The van der Waals surface area contributed by atoms with Gasteiger partial charge in [-0.3, -0.25) is 14.4 Å². The largest absolute Gasteiger partial charge is 0.496 e. The Morgan fingerprint density at radius 2 is 1.91 bits per heavy atom. The van der Waals surface area contributed by atoms with Crippen LogP contribution in [0.15, 0.2) is 29.2 Å². The molecule has 184 valence electrons. The number of carbonyl (C=O) groups is 4. The molecule has 10 heteroatoms. The van der Waals surface area contributed by atoms with Gasteiger partial charge in [0.05, 0.1) is 13.2 Å². The maximum Gasteiger partial charge on any atom is 0.327 e. The van der Waals surface area contributed by atoms with Crippen molar-refractivity contribution in [1.82, 2.24) is 5.32 Å². The van der Waals surface area contributed by atoms with Crippen LogP contribution < -0.4 is 10.1 Å². The van der Waals surface area contributed by atoms with Gasteiger partial charge in [0.25, 0.3) is 0 Å². The number of nitrogens with one attached hydrogen (secondary N) is 1. The standard InChI is InChI=1S/C25H25NO8S/c1-10-7-15(28)18-13(22(10)29)8-17(35-9-14(25(32)33)26-11(2)27)20-21(18)23(30)12-5-4-6-16(34-3)19(12)24(20)31/h4-6,8,10,14,22,24,29,31H,7,9H2,1-3H3,(H,26,27)(H,32,33). The molecule has 2 aromatic rings. The Kier molecular flexibility index (Phi) is 6.72. The highest BCUT2D eigenvalue weighted by Gasteiger charge is 2.42. The van der Waals surface area contributed by atoms with Crippen LogP contribution in [0.3, 0.4) is 0 Å². The molecule has 0 saturated carbocycles. The number of thioether (sulfide) groups is 1. The lowest BCUT2D eigenvalue weighted by Gasteiger charge is -2.34. The van der Waals surface area contributed by atoms with Crippen molar-refractivity contribution in [1.29, 1.82) is 0 Å². The van der Waals surface area contributed by atoms with E-state index in [-0.39, 0.29) is 57.3 Å². The second-order valence-corrected chi connectivity index (χ2v) is 9.79. The second-order valence-electron chi connectivity index (χ2n) is 8.73. The van der Waals surface area contributed by atoms with E-state index in [0.717, 1.165) is 11.8 Å². The van der Waals surface area contributed by atoms with Gasteiger partial charge in [0.2, 0.25) is 5.91 Å². The Balaban J connectivity index is 1.93. The highest BCUT2D eigenvalue weighted by Crippen LogP contribution is 2.49. The number of ketones is 2. The van der Waals surface area contributed by atoms with Crippen LogP contribution in [0.1, 0.15) is 75.4 Å². The summed E-state index contributed by atoms with van der Waals surface area (Å²) < 4.78 is 5.37. The smallest absolute Gasteiger partial charge is 0.327 e. The highest BCUT2D eigenvalue weighted by molar-refractivity contribution is 7.99. The number of benzene rings is 2. The third-order valence-corrected chi connectivity index (χ3v) is 7.54. The Morgan fingerprint density at radius 1 is 1.20 bits per heavy atom. The first-order valence-electron chi connectivity index (χ1n) is 11.0. The summed E-state index contributed by atoms with van der Waals surface area (Å²) in [6.07, 6.45) is -2.31. The van der Waals surface area contributed by atoms with E-state index in [0.29, 0.717) is 10.6 Å². The maximum atomic E-state index is 13.7. The minimum Gasteiger partial charge on any atom is -0.496 e. The van der Waals surface area contributed by atoms with Gasteiger partial charge in [-0.25, -0.2) is 4.79 Å². The van der Waals surface area contributed by atoms with Crippen molar-refractivity contribution in [3.8, 4) is 5.75 Å². The summed E-state index contributed by atoms with van der Waals surface area (Å²) in [6.45, 7) is 2.93. The quantitative estimate of drug-likeness (QED) is 0.439. The number of rotatable bonds is 6. The maximum absolute atomic E-state index is 13.7. The topological polar surface area (TPSA) is 150 Å². The fourth-order valence-corrected chi connectivity index (χ4v) is 5.89. The van der Waals surface area contributed by atoms with E-state index in [2.05, 4.69) is 5.32 Å². The molecule has 0 aliphatic heterocycles. The van der Waals surface area contributed by atoms with E-state index in [1.807, 2.05) is 0 Å². The first-order valence-corrected chi connectivity index (χ1v) is 12.0.